The van der Waals surface area contributed by atoms with E-state index in [4.69, 9.17) is 27.9 Å². The molecule has 6 nitrogen and oxygen atoms in total. The number of rotatable bonds is 5. The molecule has 1 aromatic heterocycles. The number of carbonyl (C=O) groups is 2. The lowest BCUT2D eigenvalue weighted by Gasteiger charge is -2.10. The number of nitrogens with one attached hydrogen (secondary N) is 2. The fraction of sp³-hybridized carbons (Fsp3) is 0.133. The van der Waals surface area contributed by atoms with Crippen LogP contribution in [-0.4, -0.2) is 23.4 Å². The van der Waals surface area contributed by atoms with Gasteiger partial charge in [-0.3, -0.25) is 25.4 Å². The molecule has 120 valence electrons. The van der Waals surface area contributed by atoms with Crippen LogP contribution in [0, 0.1) is 0 Å². The van der Waals surface area contributed by atoms with Crippen molar-refractivity contribution in [2.75, 3.05) is 6.61 Å². The van der Waals surface area contributed by atoms with Gasteiger partial charge in [-0.15, -0.1) is 0 Å². The standard InChI is InChI=1S/C15H13Cl2N3O3/c16-11-3-4-13(12(17)7-11)23-9-15(22)20-19-14(21)6-10-2-1-5-18-8-10/h1-5,7-8H,6,9H2,(H,19,21)(H,20,22). The van der Waals surface area contributed by atoms with Crippen molar-refractivity contribution in [1.29, 1.82) is 0 Å². The lowest BCUT2D eigenvalue weighted by molar-refractivity contribution is -0.129. The minimum absolute atomic E-state index is 0.109. The third kappa shape index (κ3) is 5.77. The Morgan fingerprint density at radius 3 is 2.61 bits per heavy atom. The number of aromatic nitrogens is 1. The average Bonchev–Trinajstić information content (AvgIpc) is 2.53. The summed E-state index contributed by atoms with van der Waals surface area (Å²) in [7, 11) is 0. The number of ether oxygens (including phenoxy) is 1. The zero-order valence-corrected chi connectivity index (χ0v) is 13.4. The molecule has 0 aliphatic heterocycles. The summed E-state index contributed by atoms with van der Waals surface area (Å²) >= 11 is 11.7. The summed E-state index contributed by atoms with van der Waals surface area (Å²) in [5, 5.41) is 0.764. The monoisotopic (exact) mass is 353 g/mol. The van der Waals surface area contributed by atoms with E-state index >= 15 is 0 Å². The Balaban J connectivity index is 1.73. The summed E-state index contributed by atoms with van der Waals surface area (Å²) in [5.41, 5.74) is 5.28. The molecule has 1 heterocycles. The van der Waals surface area contributed by atoms with Gasteiger partial charge in [0.2, 0.25) is 5.91 Å². The van der Waals surface area contributed by atoms with Crippen LogP contribution < -0.4 is 15.6 Å². The minimum atomic E-state index is -0.518. The van der Waals surface area contributed by atoms with Gasteiger partial charge in [-0.1, -0.05) is 29.3 Å². The van der Waals surface area contributed by atoms with E-state index in [0.717, 1.165) is 5.56 Å². The molecule has 0 saturated carbocycles. The van der Waals surface area contributed by atoms with Crippen LogP contribution in [0.3, 0.4) is 0 Å². The maximum absolute atomic E-state index is 11.7. The average molecular weight is 354 g/mol. The topological polar surface area (TPSA) is 80.3 Å². The quantitative estimate of drug-likeness (QED) is 0.807. The maximum Gasteiger partial charge on any atom is 0.276 e. The van der Waals surface area contributed by atoms with Crippen molar-refractivity contribution in [2.24, 2.45) is 0 Å². The molecule has 2 aromatic rings. The fourth-order valence-electron chi connectivity index (χ4n) is 1.64. The molecule has 0 bridgehead atoms. The Hall–Kier alpha value is -2.31. The molecule has 23 heavy (non-hydrogen) atoms. The summed E-state index contributed by atoms with van der Waals surface area (Å²) in [6, 6.07) is 8.15. The van der Waals surface area contributed by atoms with Crippen molar-refractivity contribution >= 4 is 35.0 Å². The van der Waals surface area contributed by atoms with Crippen molar-refractivity contribution in [2.45, 2.75) is 6.42 Å². The zero-order chi connectivity index (χ0) is 16.7. The van der Waals surface area contributed by atoms with Crippen molar-refractivity contribution in [1.82, 2.24) is 15.8 Å². The Morgan fingerprint density at radius 1 is 1.13 bits per heavy atom. The highest BCUT2D eigenvalue weighted by Crippen LogP contribution is 2.27. The molecule has 0 fully saturated rings. The van der Waals surface area contributed by atoms with Crippen LogP contribution in [-0.2, 0) is 16.0 Å². The predicted octanol–water partition coefficient (Wildman–Crippen LogP) is 2.16. The van der Waals surface area contributed by atoms with Crippen molar-refractivity contribution < 1.29 is 14.3 Å². The number of nitrogens with zero attached hydrogens (tertiary/aromatic N) is 1. The number of benzene rings is 1. The van der Waals surface area contributed by atoms with Gasteiger partial charge in [-0.2, -0.15) is 0 Å². The first-order valence-corrected chi connectivity index (χ1v) is 7.34. The molecule has 0 aliphatic carbocycles. The number of halogens is 2. The summed E-state index contributed by atoms with van der Waals surface area (Å²) in [6.07, 6.45) is 3.30. The molecule has 0 unspecified atom stereocenters. The molecule has 0 radical (unpaired) electrons. The van der Waals surface area contributed by atoms with Gasteiger partial charge in [0.05, 0.1) is 11.4 Å². The van der Waals surface area contributed by atoms with Gasteiger partial charge in [-0.05, 0) is 29.8 Å². The minimum Gasteiger partial charge on any atom is -0.482 e. The first-order chi connectivity index (χ1) is 11.0. The molecule has 0 saturated heterocycles. The second-order valence-electron chi connectivity index (χ2n) is 4.50. The molecule has 0 atom stereocenters. The highest BCUT2D eigenvalue weighted by Gasteiger charge is 2.08. The lowest BCUT2D eigenvalue weighted by atomic mass is 10.2. The summed E-state index contributed by atoms with van der Waals surface area (Å²) in [6.45, 7) is -0.297. The second-order valence-corrected chi connectivity index (χ2v) is 5.34. The van der Waals surface area contributed by atoms with Gasteiger partial charge in [0, 0.05) is 17.4 Å². The van der Waals surface area contributed by atoms with E-state index in [0.29, 0.717) is 15.8 Å². The van der Waals surface area contributed by atoms with E-state index in [-0.39, 0.29) is 18.9 Å². The van der Waals surface area contributed by atoms with Crippen molar-refractivity contribution in [3.05, 3.63) is 58.3 Å². The van der Waals surface area contributed by atoms with Gasteiger partial charge in [-0.25, -0.2) is 0 Å². The number of amides is 2. The molecule has 0 spiro atoms. The Kier molecular flexibility index (Phi) is 6.19. The van der Waals surface area contributed by atoms with E-state index in [9.17, 15) is 9.59 Å². The summed E-state index contributed by atoms with van der Waals surface area (Å²) in [5.74, 6) is -0.556. The van der Waals surface area contributed by atoms with Crippen LogP contribution in [0.25, 0.3) is 0 Å². The first-order valence-electron chi connectivity index (χ1n) is 6.59. The van der Waals surface area contributed by atoms with E-state index in [2.05, 4.69) is 15.8 Å². The SMILES string of the molecule is O=C(COc1ccc(Cl)cc1Cl)NNC(=O)Cc1cccnc1. The van der Waals surface area contributed by atoms with Gasteiger partial charge >= 0.3 is 0 Å². The molecule has 8 heteroatoms. The Labute approximate surface area is 142 Å². The number of carbonyl (C=O) groups excluding carboxylic acids is 2. The van der Waals surface area contributed by atoms with E-state index in [1.165, 1.54) is 6.07 Å². The third-order valence-electron chi connectivity index (χ3n) is 2.68. The Bertz CT molecular complexity index is 696. The van der Waals surface area contributed by atoms with Crippen molar-refractivity contribution in [3.63, 3.8) is 0 Å². The number of hydrazine groups is 1. The largest absolute Gasteiger partial charge is 0.482 e. The molecule has 2 N–H and O–H groups in total. The van der Waals surface area contributed by atoms with Crippen LogP contribution in [0.15, 0.2) is 42.7 Å². The van der Waals surface area contributed by atoms with Crippen LogP contribution in [0.5, 0.6) is 5.75 Å². The molecular weight excluding hydrogens is 341 g/mol. The van der Waals surface area contributed by atoms with Crippen molar-refractivity contribution in [3.8, 4) is 5.75 Å². The van der Waals surface area contributed by atoms with Crippen LogP contribution in [0.2, 0.25) is 10.0 Å². The summed E-state index contributed by atoms with van der Waals surface area (Å²) in [4.78, 5) is 27.2. The first kappa shape index (κ1) is 17.1. The smallest absolute Gasteiger partial charge is 0.276 e. The number of pyridine rings is 1. The number of hydrogen-bond donors (Lipinski definition) is 2. The molecular formula is C15H13Cl2N3O3. The van der Waals surface area contributed by atoms with E-state index < -0.39 is 5.91 Å². The van der Waals surface area contributed by atoms with Gasteiger partial charge in [0.25, 0.3) is 5.91 Å². The van der Waals surface area contributed by atoms with E-state index in [1.807, 2.05) is 0 Å². The van der Waals surface area contributed by atoms with Crippen LogP contribution >= 0.6 is 23.2 Å². The molecule has 2 amide bonds. The molecule has 1 aromatic carbocycles. The zero-order valence-electron chi connectivity index (χ0n) is 11.9. The van der Waals surface area contributed by atoms with Gasteiger partial charge in [0.15, 0.2) is 6.61 Å². The normalized spacial score (nSPS) is 10.0. The predicted molar refractivity (Wildman–Crippen MR) is 86.2 cm³/mol. The molecule has 0 aliphatic rings. The van der Waals surface area contributed by atoms with Gasteiger partial charge in [0.1, 0.15) is 5.75 Å². The van der Waals surface area contributed by atoms with Gasteiger partial charge < -0.3 is 4.74 Å². The van der Waals surface area contributed by atoms with E-state index in [1.54, 1.807) is 36.7 Å². The highest BCUT2D eigenvalue weighted by atomic mass is 35.5. The summed E-state index contributed by atoms with van der Waals surface area (Å²) < 4.78 is 5.24. The molecule has 2 rings (SSSR count). The lowest BCUT2D eigenvalue weighted by Crippen LogP contribution is -2.44. The third-order valence-corrected chi connectivity index (χ3v) is 3.21. The van der Waals surface area contributed by atoms with Crippen LogP contribution in [0.4, 0.5) is 0 Å². The Morgan fingerprint density at radius 2 is 1.91 bits per heavy atom. The maximum atomic E-state index is 11.7. The fourth-order valence-corrected chi connectivity index (χ4v) is 2.11. The highest BCUT2D eigenvalue weighted by molar-refractivity contribution is 6.35. The van der Waals surface area contributed by atoms with Crippen LogP contribution in [0.1, 0.15) is 5.56 Å². The number of hydrogen-bond acceptors (Lipinski definition) is 4. The second kappa shape index (κ2) is 8.36.